The highest BCUT2D eigenvalue weighted by molar-refractivity contribution is 5.86. The Hall–Kier alpha value is -2.90. The summed E-state index contributed by atoms with van der Waals surface area (Å²) in [7, 11) is 2.83. The van der Waals surface area contributed by atoms with Crippen molar-refractivity contribution < 1.29 is 23.8 Å². The summed E-state index contributed by atoms with van der Waals surface area (Å²) in [6, 6.07) is 18.7. The number of alkyl carbamates (subject to hydrolysis) is 1. The molecule has 7 nitrogen and oxygen atoms in total. The summed E-state index contributed by atoms with van der Waals surface area (Å²) in [6.07, 6.45) is -0.181. The van der Waals surface area contributed by atoms with Gasteiger partial charge in [-0.3, -0.25) is 4.79 Å². The van der Waals surface area contributed by atoms with Crippen molar-refractivity contribution in [3.05, 3.63) is 71.8 Å². The SMILES string of the molecule is CCOC(CN(CCc1ccccc1)C(=O)[C@H](Cc1ccccc1)NC(=O)OC)OC. The number of rotatable bonds is 12. The van der Waals surface area contributed by atoms with Crippen molar-refractivity contribution in [2.24, 2.45) is 0 Å². The second-order valence-corrected chi connectivity index (χ2v) is 7.02. The molecule has 0 bridgehead atoms. The molecule has 1 N–H and O–H groups in total. The van der Waals surface area contributed by atoms with Gasteiger partial charge in [0.15, 0.2) is 6.29 Å². The Morgan fingerprint density at radius 3 is 2.13 bits per heavy atom. The van der Waals surface area contributed by atoms with Crippen LogP contribution in [0.5, 0.6) is 0 Å². The van der Waals surface area contributed by atoms with Crippen LogP contribution in [0.3, 0.4) is 0 Å². The molecule has 1 unspecified atom stereocenters. The number of nitrogens with one attached hydrogen (secondary N) is 1. The first-order valence-corrected chi connectivity index (χ1v) is 10.4. The first kappa shape index (κ1) is 24.4. The van der Waals surface area contributed by atoms with Crippen molar-refractivity contribution in [3.8, 4) is 0 Å². The monoisotopic (exact) mass is 428 g/mol. The summed E-state index contributed by atoms with van der Waals surface area (Å²) >= 11 is 0. The van der Waals surface area contributed by atoms with Crippen molar-refractivity contribution in [1.82, 2.24) is 10.2 Å². The third-order valence-corrected chi connectivity index (χ3v) is 4.87. The molecule has 168 valence electrons. The molecular formula is C24H32N2O5. The van der Waals surface area contributed by atoms with Gasteiger partial charge < -0.3 is 24.4 Å². The molecule has 0 aliphatic heterocycles. The number of carbonyl (C=O) groups is 2. The summed E-state index contributed by atoms with van der Waals surface area (Å²) in [5, 5.41) is 2.68. The number of hydrogen-bond acceptors (Lipinski definition) is 5. The Labute approximate surface area is 184 Å². The van der Waals surface area contributed by atoms with Crippen molar-refractivity contribution in [3.63, 3.8) is 0 Å². The van der Waals surface area contributed by atoms with Gasteiger partial charge in [-0.05, 0) is 24.5 Å². The van der Waals surface area contributed by atoms with Gasteiger partial charge in [0.1, 0.15) is 6.04 Å². The average molecular weight is 429 g/mol. The van der Waals surface area contributed by atoms with E-state index in [2.05, 4.69) is 5.32 Å². The summed E-state index contributed by atoms with van der Waals surface area (Å²) in [5.41, 5.74) is 2.06. The van der Waals surface area contributed by atoms with E-state index in [0.29, 0.717) is 26.0 Å². The lowest BCUT2D eigenvalue weighted by Gasteiger charge is -2.30. The lowest BCUT2D eigenvalue weighted by Crippen LogP contribution is -2.52. The molecule has 2 amide bonds. The Kier molecular flexibility index (Phi) is 10.5. The van der Waals surface area contributed by atoms with Crippen LogP contribution in [0.4, 0.5) is 4.79 Å². The smallest absolute Gasteiger partial charge is 0.407 e. The van der Waals surface area contributed by atoms with E-state index in [9.17, 15) is 9.59 Å². The molecule has 31 heavy (non-hydrogen) atoms. The van der Waals surface area contributed by atoms with E-state index in [4.69, 9.17) is 14.2 Å². The predicted molar refractivity (Wildman–Crippen MR) is 119 cm³/mol. The highest BCUT2D eigenvalue weighted by Crippen LogP contribution is 2.10. The molecule has 2 atom stereocenters. The quantitative estimate of drug-likeness (QED) is 0.526. The molecule has 0 heterocycles. The van der Waals surface area contributed by atoms with Crippen molar-refractivity contribution in [1.29, 1.82) is 0 Å². The number of methoxy groups -OCH3 is 2. The van der Waals surface area contributed by atoms with Gasteiger partial charge in [-0.1, -0.05) is 60.7 Å². The molecule has 2 aromatic carbocycles. The van der Waals surface area contributed by atoms with E-state index in [1.807, 2.05) is 67.6 Å². The van der Waals surface area contributed by atoms with Crippen LogP contribution in [0, 0.1) is 0 Å². The van der Waals surface area contributed by atoms with Crippen LogP contribution in [0.25, 0.3) is 0 Å². The summed E-state index contributed by atoms with van der Waals surface area (Å²) < 4.78 is 15.7. The molecule has 0 aliphatic rings. The number of benzene rings is 2. The van der Waals surface area contributed by atoms with Crippen LogP contribution in [0.15, 0.2) is 60.7 Å². The van der Waals surface area contributed by atoms with E-state index in [-0.39, 0.29) is 12.5 Å². The number of nitrogens with zero attached hydrogens (tertiary/aromatic N) is 1. The van der Waals surface area contributed by atoms with Gasteiger partial charge in [0.25, 0.3) is 0 Å². The second-order valence-electron chi connectivity index (χ2n) is 7.02. The highest BCUT2D eigenvalue weighted by Gasteiger charge is 2.28. The van der Waals surface area contributed by atoms with E-state index >= 15 is 0 Å². The van der Waals surface area contributed by atoms with Crippen LogP contribution in [0.2, 0.25) is 0 Å². The van der Waals surface area contributed by atoms with E-state index < -0.39 is 18.4 Å². The Balaban J connectivity index is 2.21. The lowest BCUT2D eigenvalue weighted by molar-refractivity contribution is -0.152. The standard InChI is InChI=1S/C24H32N2O5/c1-4-31-22(29-2)18-26(16-15-19-11-7-5-8-12-19)23(27)21(25-24(28)30-3)17-20-13-9-6-10-14-20/h5-14,21-22H,4,15-18H2,1-3H3,(H,25,28)/t21-,22?/m0/s1. The maximum Gasteiger partial charge on any atom is 0.407 e. The number of amides is 2. The third-order valence-electron chi connectivity index (χ3n) is 4.87. The van der Waals surface area contributed by atoms with Gasteiger partial charge in [-0.2, -0.15) is 0 Å². The Bertz CT molecular complexity index is 785. The first-order valence-electron chi connectivity index (χ1n) is 10.4. The first-order chi connectivity index (χ1) is 15.1. The van der Waals surface area contributed by atoms with Gasteiger partial charge in [0.2, 0.25) is 5.91 Å². The second kappa shape index (κ2) is 13.4. The van der Waals surface area contributed by atoms with Crippen LogP contribution >= 0.6 is 0 Å². The minimum Gasteiger partial charge on any atom is -0.453 e. The van der Waals surface area contributed by atoms with Crippen LogP contribution in [0.1, 0.15) is 18.1 Å². The topological polar surface area (TPSA) is 77.1 Å². The molecule has 0 aromatic heterocycles. The molecule has 0 radical (unpaired) electrons. The minimum atomic E-state index is -0.773. The lowest BCUT2D eigenvalue weighted by atomic mass is 10.0. The van der Waals surface area contributed by atoms with Crippen LogP contribution in [-0.2, 0) is 31.8 Å². The number of carbonyl (C=O) groups excluding carboxylic acids is 2. The summed E-state index contributed by atoms with van der Waals surface area (Å²) in [6.45, 7) is 3.06. The minimum absolute atomic E-state index is 0.216. The fourth-order valence-corrected chi connectivity index (χ4v) is 3.23. The third kappa shape index (κ3) is 8.39. The largest absolute Gasteiger partial charge is 0.453 e. The summed E-state index contributed by atoms with van der Waals surface area (Å²) in [5.74, 6) is -0.216. The molecule has 0 saturated carbocycles. The van der Waals surface area contributed by atoms with Crippen molar-refractivity contribution >= 4 is 12.0 Å². The zero-order valence-electron chi connectivity index (χ0n) is 18.5. The molecule has 2 aromatic rings. The van der Waals surface area contributed by atoms with Crippen molar-refractivity contribution in [2.45, 2.75) is 32.1 Å². The molecule has 0 aliphatic carbocycles. The normalized spacial score (nSPS) is 12.6. The van der Waals surface area contributed by atoms with Gasteiger partial charge in [0, 0.05) is 26.7 Å². The van der Waals surface area contributed by atoms with Crippen LogP contribution in [-0.4, -0.2) is 63.1 Å². The van der Waals surface area contributed by atoms with Crippen LogP contribution < -0.4 is 5.32 Å². The Morgan fingerprint density at radius 1 is 0.968 bits per heavy atom. The predicted octanol–water partition coefficient (Wildman–Crippen LogP) is 3.03. The zero-order chi connectivity index (χ0) is 22.5. The fourth-order valence-electron chi connectivity index (χ4n) is 3.23. The molecule has 2 rings (SSSR count). The molecule has 0 spiro atoms. The van der Waals surface area contributed by atoms with Gasteiger partial charge in [-0.15, -0.1) is 0 Å². The number of hydrogen-bond donors (Lipinski definition) is 1. The van der Waals surface area contributed by atoms with E-state index in [1.54, 1.807) is 12.0 Å². The Morgan fingerprint density at radius 2 is 1.58 bits per heavy atom. The zero-order valence-corrected chi connectivity index (χ0v) is 18.5. The van der Waals surface area contributed by atoms with E-state index in [0.717, 1.165) is 11.1 Å². The van der Waals surface area contributed by atoms with Crippen molar-refractivity contribution in [2.75, 3.05) is 33.9 Å². The van der Waals surface area contributed by atoms with Gasteiger partial charge >= 0.3 is 6.09 Å². The molecule has 7 heteroatoms. The molecular weight excluding hydrogens is 396 g/mol. The maximum atomic E-state index is 13.5. The number of ether oxygens (including phenoxy) is 3. The molecule has 0 fully saturated rings. The highest BCUT2D eigenvalue weighted by atomic mass is 16.7. The van der Waals surface area contributed by atoms with Gasteiger partial charge in [-0.25, -0.2) is 4.79 Å². The van der Waals surface area contributed by atoms with Gasteiger partial charge in [0.05, 0.1) is 13.7 Å². The maximum absolute atomic E-state index is 13.5. The fraction of sp³-hybridized carbons (Fsp3) is 0.417. The molecule has 0 saturated heterocycles. The summed E-state index contributed by atoms with van der Waals surface area (Å²) in [4.78, 5) is 27.1. The average Bonchev–Trinajstić information content (AvgIpc) is 2.81. The van der Waals surface area contributed by atoms with E-state index in [1.165, 1.54) is 7.11 Å².